The molecule has 0 aliphatic rings. The predicted octanol–water partition coefficient (Wildman–Crippen LogP) is 2.44. The van der Waals surface area contributed by atoms with E-state index in [1.54, 1.807) is 26.6 Å². The smallest absolute Gasteiger partial charge is 0.253 e. The quantitative estimate of drug-likeness (QED) is 0.674. The summed E-state index contributed by atoms with van der Waals surface area (Å²) in [5, 5.41) is 4.47. The van der Waals surface area contributed by atoms with E-state index in [0.717, 1.165) is 22.2 Å². The number of hydrogen-bond acceptors (Lipinski definition) is 4. The van der Waals surface area contributed by atoms with Crippen LogP contribution in [0.2, 0.25) is 0 Å². The Balaban J connectivity index is 1.93. The van der Waals surface area contributed by atoms with Gasteiger partial charge in [-0.3, -0.25) is 9.78 Å². The Morgan fingerprint density at radius 2 is 2.15 bits per heavy atom. The van der Waals surface area contributed by atoms with Gasteiger partial charge in [-0.2, -0.15) is 0 Å². The number of benzene rings is 1. The van der Waals surface area contributed by atoms with Crippen molar-refractivity contribution in [3.63, 3.8) is 0 Å². The molecule has 0 unspecified atom stereocenters. The first-order valence-electron chi connectivity index (χ1n) is 8.16. The van der Waals surface area contributed by atoms with Crippen molar-refractivity contribution in [2.45, 2.75) is 13.1 Å². The van der Waals surface area contributed by atoms with Crippen molar-refractivity contribution in [1.29, 1.82) is 0 Å². The van der Waals surface area contributed by atoms with Gasteiger partial charge in [0.05, 0.1) is 13.7 Å². The van der Waals surface area contributed by atoms with E-state index in [1.165, 1.54) is 0 Å². The maximum Gasteiger partial charge on any atom is 0.253 e. The summed E-state index contributed by atoms with van der Waals surface area (Å²) in [6.45, 7) is 0.945. The van der Waals surface area contributed by atoms with Crippen LogP contribution in [0.25, 0.3) is 10.9 Å². The second kappa shape index (κ2) is 7.97. The molecule has 3 aromatic rings. The Bertz CT molecular complexity index is 972. The van der Waals surface area contributed by atoms with Crippen LogP contribution in [-0.2, 0) is 13.1 Å². The highest BCUT2D eigenvalue weighted by molar-refractivity contribution is 7.80. The van der Waals surface area contributed by atoms with E-state index in [1.807, 2.05) is 41.3 Å². The Morgan fingerprint density at radius 3 is 2.85 bits per heavy atom. The number of H-pyrrole nitrogens is 1. The van der Waals surface area contributed by atoms with Crippen LogP contribution < -0.4 is 15.6 Å². The molecule has 0 bridgehead atoms. The number of methoxy groups -OCH3 is 1. The van der Waals surface area contributed by atoms with E-state index < -0.39 is 0 Å². The Morgan fingerprint density at radius 1 is 1.31 bits per heavy atom. The molecular weight excluding hydrogens is 348 g/mol. The molecule has 2 N–H and O–H groups in total. The van der Waals surface area contributed by atoms with Crippen molar-refractivity contribution < 1.29 is 4.74 Å². The zero-order valence-corrected chi connectivity index (χ0v) is 15.5. The van der Waals surface area contributed by atoms with Gasteiger partial charge in [-0.25, -0.2) is 0 Å². The normalized spacial score (nSPS) is 10.5. The van der Waals surface area contributed by atoms with Crippen LogP contribution in [0.4, 0.5) is 0 Å². The standard InChI is InChI=1S/C19H20N4O2S/c1-20-19(26)23(11-13-4-3-7-21-10-13)12-15-8-14-9-16(25-2)5-6-17(14)22-18(15)24/h3-10H,11-12H2,1-2H3,(H,20,26)(H,22,24). The molecule has 2 heterocycles. The number of rotatable bonds is 5. The Labute approximate surface area is 156 Å². The van der Waals surface area contributed by atoms with Crippen LogP contribution in [-0.4, -0.2) is 34.1 Å². The monoisotopic (exact) mass is 368 g/mol. The molecule has 0 aliphatic carbocycles. The molecule has 0 atom stereocenters. The molecule has 3 rings (SSSR count). The number of nitrogens with one attached hydrogen (secondary N) is 2. The third kappa shape index (κ3) is 4.00. The summed E-state index contributed by atoms with van der Waals surface area (Å²) in [6.07, 6.45) is 3.52. The number of thiocarbonyl (C=S) groups is 1. The maximum atomic E-state index is 12.5. The van der Waals surface area contributed by atoms with E-state index >= 15 is 0 Å². The summed E-state index contributed by atoms with van der Waals surface area (Å²) in [6, 6.07) is 11.3. The number of pyridine rings is 2. The van der Waals surface area contributed by atoms with Crippen molar-refractivity contribution in [2.24, 2.45) is 0 Å². The number of fused-ring (bicyclic) bond motifs is 1. The van der Waals surface area contributed by atoms with E-state index in [9.17, 15) is 4.79 Å². The van der Waals surface area contributed by atoms with Crippen molar-refractivity contribution in [3.05, 3.63) is 70.3 Å². The predicted molar refractivity (Wildman–Crippen MR) is 106 cm³/mol. The molecule has 0 fully saturated rings. The first kappa shape index (κ1) is 17.9. The molecule has 134 valence electrons. The first-order chi connectivity index (χ1) is 12.6. The number of hydrogen-bond donors (Lipinski definition) is 2. The summed E-state index contributed by atoms with van der Waals surface area (Å²) in [7, 11) is 3.39. The van der Waals surface area contributed by atoms with E-state index in [-0.39, 0.29) is 5.56 Å². The topological polar surface area (TPSA) is 70.2 Å². The highest BCUT2D eigenvalue weighted by atomic mass is 32.1. The lowest BCUT2D eigenvalue weighted by atomic mass is 10.1. The van der Waals surface area contributed by atoms with Gasteiger partial charge in [-0.05, 0) is 48.1 Å². The minimum absolute atomic E-state index is 0.127. The molecule has 0 saturated heterocycles. The minimum atomic E-state index is -0.127. The summed E-state index contributed by atoms with van der Waals surface area (Å²) in [5.74, 6) is 0.744. The Hall–Kier alpha value is -2.93. The van der Waals surface area contributed by atoms with Gasteiger partial charge in [-0.15, -0.1) is 0 Å². The lowest BCUT2D eigenvalue weighted by Crippen LogP contribution is -2.38. The number of nitrogens with zero attached hydrogens (tertiary/aromatic N) is 2. The highest BCUT2D eigenvalue weighted by Crippen LogP contribution is 2.19. The van der Waals surface area contributed by atoms with Gasteiger partial charge in [0, 0.05) is 42.5 Å². The van der Waals surface area contributed by atoms with Gasteiger partial charge >= 0.3 is 0 Å². The molecule has 0 aliphatic heterocycles. The van der Waals surface area contributed by atoms with Gasteiger partial charge in [0.1, 0.15) is 5.75 Å². The fourth-order valence-electron chi connectivity index (χ4n) is 2.75. The fourth-order valence-corrected chi connectivity index (χ4v) is 2.88. The van der Waals surface area contributed by atoms with Gasteiger partial charge in [0.2, 0.25) is 0 Å². The average molecular weight is 368 g/mol. The largest absolute Gasteiger partial charge is 0.497 e. The third-order valence-electron chi connectivity index (χ3n) is 4.09. The number of ether oxygens (including phenoxy) is 1. The molecule has 6 nitrogen and oxygen atoms in total. The van der Waals surface area contributed by atoms with E-state index in [4.69, 9.17) is 17.0 Å². The van der Waals surface area contributed by atoms with Gasteiger partial charge in [0.15, 0.2) is 5.11 Å². The van der Waals surface area contributed by atoms with E-state index in [0.29, 0.717) is 23.8 Å². The minimum Gasteiger partial charge on any atom is -0.497 e. The van der Waals surface area contributed by atoms with Gasteiger partial charge < -0.3 is 19.9 Å². The maximum absolute atomic E-state index is 12.5. The molecule has 1 aromatic carbocycles. The molecule has 0 spiro atoms. The molecule has 0 radical (unpaired) electrons. The lowest BCUT2D eigenvalue weighted by Gasteiger charge is -2.24. The second-order valence-corrected chi connectivity index (χ2v) is 6.24. The van der Waals surface area contributed by atoms with Crippen molar-refractivity contribution >= 4 is 28.2 Å². The second-order valence-electron chi connectivity index (χ2n) is 5.85. The van der Waals surface area contributed by atoms with Crippen molar-refractivity contribution in [3.8, 4) is 5.75 Å². The lowest BCUT2D eigenvalue weighted by molar-refractivity contribution is 0.400. The van der Waals surface area contributed by atoms with Gasteiger partial charge in [-0.1, -0.05) is 6.07 Å². The zero-order valence-electron chi connectivity index (χ0n) is 14.7. The van der Waals surface area contributed by atoms with Crippen LogP contribution in [0.3, 0.4) is 0 Å². The molecule has 2 aromatic heterocycles. The van der Waals surface area contributed by atoms with Crippen LogP contribution in [0.5, 0.6) is 5.75 Å². The molecule has 0 amide bonds. The van der Waals surface area contributed by atoms with Gasteiger partial charge in [0.25, 0.3) is 5.56 Å². The first-order valence-corrected chi connectivity index (χ1v) is 8.57. The summed E-state index contributed by atoms with van der Waals surface area (Å²) in [4.78, 5) is 21.5. The summed E-state index contributed by atoms with van der Waals surface area (Å²) >= 11 is 5.42. The molecule has 26 heavy (non-hydrogen) atoms. The van der Waals surface area contributed by atoms with E-state index in [2.05, 4.69) is 15.3 Å². The molecular formula is C19H20N4O2S. The SMILES string of the molecule is CNC(=S)N(Cc1cccnc1)Cc1cc2cc(OC)ccc2[nH]c1=O. The molecule has 0 saturated carbocycles. The summed E-state index contributed by atoms with van der Waals surface area (Å²) < 4.78 is 5.27. The molecule has 7 heteroatoms. The zero-order chi connectivity index (χ0) is 18.5. The number of aromatic nitrogens is 2. The average Bonchev–Trinajstić information content (AvgIpc) is 2.67. The van der Waals surface area contributed by atoms with Crippen LogP contribution >= 0.6 is 12.2 Å². The van der Waals surface area contributed by atoms with Crippen LogP contribution in [0.1, 0.15) is 11.1 Å². The summed E-state index contributed by atoms with van der Waals surface area (Å²) in [5.41, 5.74) is 2.29. The fraction of sp³-hybridized carbons (Fsp3) is 0.211. The van der Waals surface area contributed by atoms with Crippen LogP contribution in [0, 0.1) is 0 Å². The highest BCUT2D eigenvalue weighted by Gasteiger charge is 2.13. The Kier molecular flexibility index (Phi) is 5.48. The van der Waals surface area contributed by atoms with Crippen molar-refractivity contribution in [2.75, 3.05) is 14.2 Å². The van der Waals surface area contributed by atoms with Crippen LogP contribution in [0.15, 0.2) is 53.6 Å². The number of aromatic amines is 1. The third-order valence-corrected chi connectivity index (χ3v) is 4.55. The van der Waals surface area contributed by atoms with Crippen molar-refractivity contribution in [1.82, 2.24) is 20.2 Å².